The van der Waals surface area contributed by atoms with Crippen LogP contribution < -0.4 is 4.90 Å². The molecular weight excluding hydrogens is 276 g/mol. The van der Waals surface area contributed by atoms with E-state index in [-0.39, 0.29) is 5.91 Å². The fourth-order valence-corrected chi connectivity index (χ4v) is 3.23. The first-order valence-electron chi connectivity index (χ1n) is 7.80. The number of rotatable bonds is 3. The van der Waals surface area contributed by atoms with Gasteiger partial charge in [-0.05, 0) is 51.3 Å². The standard InChI is InChI=1S/C17H22N4O/c1-5-21-13(4)15(12(3)19-21)10-16(22)20-9-7-14-11(2)6-8-18-17(14)20/h6,8H,5,7,9-10H2,1-4H3. The predicted octanol–water partition coefficient (Wildman–Crippen LogP) is 2.36. The van der Waals surface area contributed by atoms with Gasteiger partial charge in [-0.15, -0.1) is 0 Å². The molecule has 0 radical (unpaired) electrons. The monoisotopic (exact) mass is 298 g/mol. The fraction of sp³-hybridized carbons (Fsp3) is 0.471. The quantitative estimate of drug-likeness (QED) is 0.874. The summed E-state index contributed by atoms with van der Waals surface area (Å²) in [5.74, 6) is 0.946. The van der Waals surface area contributed by atoms with E-state index in [4.69, 9.17) is 0 Å². The van der Waals surface area contributed by atoms with Gasteiger partial charge in [-0.3, -0.25) is 14.4 Å². The first-order valence-corrected chi connectivity index (χ1v) is 7.80. The topological polar surface area (TPSA) is 51.0 Å². The molecule has 0 spiro atoms. The summed E-state index contributed by atoms with van der Waals surface area (Å²) in [4.78, 5) is 19.0. The van der Waals surface area contributed by atoms with Crippen molar-refractivity contribution in [3.8, 4) is 0 Å². The average Bonchev–Trinajstić information content (AvgIpc) is 3.04. The summed E-state index contributed by atoms with van der Waals surface area (Å²) >= 11 is 0. The number of carbonyl (C=O) groups excluding carboxylic acids is 1. The van der Waals surface area contributed by atoms with Crippen molar-refractivity contribution in [1.82, 2.24) is 14.8 Å². The van der Waals surface area contributed by atoms with Gasteiger partial charge in [-0.2, -0.15) is 5.10 Å². The highest BCUT2D eigenvalue weighted by atomic mass is 16.2. The Bertz CT molecular complexity index is 733. The third-order valence-electron chi connectivity index (χ3n) is 4.57. The molecule has 0 aromatic carbocycles. The number of hydrogen-bond acceptors (Lipinski definition) is 3. The van der Waals surface area contributed by atoms with Crippen molar-refractivity contribution in [1.29, 1.82) is 0 Å². The van der Waals surface area contributed by atoms with Gasteiger partial charge >= 0.3 is 0 Å². The van der Waals surface area contributed by atoms with E-state index in [1.807, 2.05) is 29.5 Å². The Morgan fingerprint density at radius 3 is 2.77 bits per heavy atom. The van der Waals surface area contributed by atoms with Gasteiger partial charge in [0, 0.05) is 30.5 Å². The predicted molar refractivity (Wildman–Crippen MR) is 86.1 cm³/mol. The van der Waals surface area contributed by atoms with Crippen LogP contribution in [-0.2, 0) is 24.2 Å². The van der Waals surface area contributed by atoms with Crippen molar-refractivity contribution in [2.45, 2.75) is 47.1 Å². The van der Waals surface area contributed by atoms with Gasteiger partial charge < -0.3 is 0 Å². The normalized spacial score (nSPS) is 13.5. The average molecular weight is 298 g/mol. The molecule has 22 heavy (non-hydrogen) atoms. The Morgan fingerprint density at radius 2 is 2.09 bits per heavy atom. The maximum atomic E-state index is 12.7. The first-order chi connectivity index (χ1) is 10.5. The third-order valence-corrected chi connectivity index (χ3v) is 4.57. The minimum absolute atomic E-state index is 0.110. The van der Waals surface area contributed by atoms with E-state index in [0.29, 0.717) is 6.42 Å². The smallest absolute Gasteiger partial charge is 0.232 e. The highest BCUT2D eigenvalue weighted by Gasteiger charge is 2.28. The summed E-state index contributed by atoms with van der Waals surface area (Å²) < 4.78 is 1.96. The molecule has 2 aromatic heterocycles. The molecular formula is C17H22N4O. The lowest BCUT2D eigenvalue weighted by Crippen LogP contribution is -2.31. The molecule has 0 saturated heterocycles. The fourth-order valence-electron chi connectivity index (χ4n) is 3.23. The highest BCUT2D eigenvalue weighted by Crippen LogP contribution is 2.28. The lowest BCUT2D eigenvalue weighted by molar-refractivity contribution is -0.117. The molecule has 2 aromatic rings. The molecule has 1 aliphatic heterocycles. The second-order valence-corrected chi connectivity index (χ2v) is 5.87. The molecule has 0 bridgehead atoms. The summed E-state index contributed by atoms with van der Waals surface area (Å²) in [5.41, 5.74) is 5.50. The van der Waals surface area contributed by atoms with Crippen molar-refractivity contribution in [3.05, 3.63) is 40.3 Å². The van der Waals surface area contributed by atoms with Gasteiger partial charge in [-0.25, -0.2) is 4.98 Å². The van der Waals surface area contributed by atoms with Gasteiger partial charge in [0.25, 0.3) is 0 Å². The van der Waals surface area contributed by atoms with Crippen molar-refractivity contribution in [2.75, 3.05) is 11.4 Å². The molecule has 0 fully saturated rings. The largest absolute Gasteiger partial charge is 0.296 e. The molecule has 0 aliphatic carbocycles. The summed E-state index contributed by atoms with van der Waals surface area (Å²) in [6.07, 6.45) is 3.07. The number of anilines is 1. The van der Waals surface area contributed by atoms with Crippen LogP contribution in [0, 0.1) is 20.8 Å². The van der Waals surface area contributed by atoms with E-state index in [2.05, 4.69) is 23.9 Å². The molecule has 0 unspecified atom stereocenters. The number of hydrogen-bond donors (Lipinski definition) is 0. The molecule has 116 valence electrons. The Morgan fingerprint density at radius 1 is 1.32 bits per heavy atom. The van der Waals surface area contributed by atoms with E-state index >= 15 is 0 Å². The number of carbonyl (C=O) groups is 1. The van der Waals surface area contributed by atoms with Crippen molar-refractivity contribution >= 4 is 11.7 Å². The van der Waals surface area contributed by atoms with Gasteiger partial charge in [0.05, 0.1) is 12.1 Å². The Labute approximate surface area is 131 Å². The van der Waals surface area contributed by atoms with E-state index in [0.717, 1.165) is 42.3 Å². The van der Waals surface area contributed by atoms with Crippen LogP contribution in [0.5, 0.6) is 0 Å². The molecule has 3 rings (SSSR count). The number of aromatic nitrogens is 3. The zero-order valence-corrected chi connectivity index (χ0v) is 13.7. The molecule has 0 saturated carbocycles. The minimum atomic E-state index is 0.110. The maximum absolute atomic E-state index is 12.7. The number of nitrogens with zero attached hydrogens (tertiary/aromatic N) is 4. The van der Waals surface area contributed by atoms with Crippen LogP contribution >= 0.6 is 0 Å². The molecule has 3 heterocycles. The summed E-state index contributed by atoms with van der Waals surface area (Å²) in [6.45, 7) is 9.71. The van der Waals surface area contributed by atoms with Crippen molar-refractivity contribution < 1.29 is 4.79 Å². The Hall–Kier alpha value is -2.17. The van der Waals surface area contributed by atoms with E-state index in [1.54, 1.807) is 6.20 Å². The maximum Gasteiger partial charge on any atom is 0.232 e. The summed E-state index contributed by atoms with van der Waals surface area (Å²) in [7, 11) is 0. The second kappa shape index (κ2) is 5.55. The van der Waals surface area contributed by atoms with Gasteiger partial charge in [0.15, 0.2) is 0 Å². The Kier molecular flexibility index (Phi) is 3.72. The third kappa shape index (κ3) is 2.30. The zero-order chi connectivity index (χ0) is 15.9. The molecule has 5 nitrogen and oxygen atoms in total. The van der Waals surface area contributed by atoms with Crippen LogP contribution in [0.3, 0.4) is 0 Å². The van der Waals surface area contributed by atoms with Crippen molar-refractivity contribution in [2.24, 2.45) is 0 Å². The number of fused-ring (bicyclic) bond motifs is 1. The van der Waals surface area contributed by atoms with Crippen LogP contribution in [-0.4, -0.2) is 27.2 Å². The summed E-state index contributed by atoms with van der Waals surface area (Å²) in [6, 6.07) is 2.01. The highest BCUT2D eigenvalue weighted by molar-refractivity contribution is 5.96. The minimum Gasteiger partial charge on any atom is -0.296 e. The van der Waals surface area contributed by atoms with E-state index in [1.165, 1.54) is 11.1 Å². The second-order valence-electron chi connectivity index (χ2n) is 5.87. The molecule has 1 aliphatic rings. The Balaban J connectivity index is 1.86. The number of pyridine rings is 1. The van der Waals surface area contributed by atoms with Gasteiger partial charge in [0.2, 0.25) is 5.91 Å². The van der Waals surface area contributed by atoms with Crippen LogP contribution in [0.1, 0.15) is 35.0 Å². The zero-order valence-electron chi connectivity index (χ0n) is 13.7. The van der Waals surface area contributed by atoms with E-state index < -0.39 is 0 Å². The van der Waals surface area contributed by atoms with Crippen LogP contribution in [0.4, 0.5) is 5.82 Å². The van der Waals surface area contributed by atoms with Gasteiger partial charge in [0.1, 0.15) is 5.82 Å². The molecule has 5 heteroatoms. The lowest BCUT2D eigenvalue weighted by atomic mass is 10.1. The SMILES string of the molecule is CCn1nc(C)c(CC(=O)N2CCc3c(C)ccnc32)c1C. The first kappa shape index (κ1) is 14.8. The van der Waals surface area contributed by atoms with Crippen LogP contribution in [0.25, 0.3) is 0 Å². The number of amides is 1. The molecule has 1 amide bonds. The lowest BCUT2D eigenvalue weighted by Gasteiger charge is -2.16. The van der Waals surface area contributed by atoms with Crippen LogP contribution in [0.15, 0.2) is 12.3 Å². The van der Waals surface area contributed by atoms with Gasteiger partial charge in [-0.1, -0.05) is 0 Å². The van der Waals surface area contributed by atoms with Crippen molar-refractivity contribution in [3.63, 3.8) is 0 Å². The van der Waals surface area contributed by atoms with E-state index in [9.17, 15) is 4.79 Å². The summed E-state index contributed by atoms with van der Waals surface area (Å²) in [5, 5.41) is 4.50. The molecule has 0 N–H and O–H groups in total. The van der Waals surface area contributed by atoms with Crippen LogP contribution in [0.2, 0.25) is 0 Å². The molecule has 0 atom stereocenters. The number of aryl methyl sites for hydroxylation is 3.